The van der Waals surface area contributed by atoms with E-state index in [4.69, 9.17) is 21.1 Å². The summed E-state index contributed by atoms with van der Waals surface area (Å²) in [7, 11) is 0. The highest BCUT2D eigenvalue weighted by atomic mass is 35.5. The number of pyridine rings is 1. The lowest BCUT2D eigenvalue weighted by Gasteiger charge is -2.35. The number of amides is 1. The van der Waals surface area contributed by atoms with Crippen LogP contribution in [0.1, 0.15) is 16.7 Å². The molecule has 7 nitrogen and oxygen atoms in total. The maximum atomic E-state index is 12.8. The number of anilines is 1. The molecule has 3 rings (SSSR count). The third-order valence-electron chi connectivity index (χ3n) is 5.18. The van der Waals surface area contributed by atoms with Gasteiger partial charge in [-0.15, -0.1) is 0 Å². The van der Waals surface area contributed by atoms with Crippen LogP contribution < -0.4 is 9.64 Å². The van der Waals surface area contributed by atoms with E-state index >= 15 is 0 Å². The van der Waals surface area contributed by atoms with Crippen LogP contribution in [0.5, 0.6) is 5.75 Å². The van der Waals surface area contributed by atoms with Crippen LogP contribution >= 0.6 is 11.6 Å². The lowest BCUT2D eigenvalue weighted by atomic mass is 10.1. The minimum absolute atomic E-state index is 0.109. The molecule has 11 heteroatoms. The van der Waals surface area contributed by atoms with Crippen molar-refractivity contribution in [1.29, 1.82) is 0 Å². The maximum Gasteiger partial charge on any atom is 0.417 e. The first-order chi connectivity index (χ1) is 15.6. The molecule has 0 N–H and O–H groups in total. The van der Waals surface area contributed by atoms with E-state index in [0.717, 1.165) is 23.4 Å². The molecular formula is C22H23ClF3N3O4. The van der Waals surface area contributed by atoms with Gasteiger partial charge in [-0.25, -0.2) is 9.78 Å². The second-order valence-electron chi connectivity index (χ2n) is 7.57. The zero-order chi connectivity index (χ0) is 24.2. The number of esters is 1. The summed E-state index contributed by atoms with van der Waals surface area (Å²) < 4.78 is 48.9. The summed E-state index contributed by atoms with van der Waals surface area (Å²) in [5.41, 5.74) is 0.854. The van der Waals surface area contributed by atoms with Gasteiger partial charge in [0.1, 0.15) is 11.6 Å². The second kappa shape index (κ2) is 10.3. The van der Waals surface area contributed by atoms with Crippen molar-refractivity contribution < 1.29 is 32.2 Å². The van der Waals surface area contributed by atoms with Crippen LogP contribution in [0.3, 0.4) is 0 Å². The molecule has 0 aliphatic carbocycles. The van der Waals surface area contributed by atoms with Crippen LogP contribution in [-0.2, 0) is 20.5 Å². The summed E-state index contributed by atoms with van der Waals surface area (Å²) in [5, 5.41) is -0.109. The van der Waals surface area contributed by atoms with Gasteiger partial charge in [0.15, 0.2) is 13.2 Å². The van der Waals surface area contributed by atoms with Crippen molar-refractivity contribution >= 4 is 29.3 Å². The summed E-state index contributed by atoms with van der Waals surface area (Å²) in [5.74, 6) is -0.203. The highest BCUT2D eigenvalue weighted by Gasteiger charge is 2.32. The van der Waals surface area contributed by atoms with E-state index in [1.54, 1.807) is 4.90 Å². The predicted octanol–water partition coefficient (Wildman–Crippen LogP) is 3.64. The number of alkyl halides is 3. The molecule has 1 aliphatic rings. The maximum absolute atomic E-state index is 12.8. The number of hydrogen-bond acceptors (Lipinski definition) is 6. The number of aromatic nitrogens is 1. The van der Waals surface area contributed by atoms with Gasteiger partial charge in [-0.05, 0) is 31.0 Å². The molecule has 2 heterocycles. The molecule has 1 fully saturated rings. The number of ether oxygens (including phenoxy) is 2. The molecule has 0 atom stereocenters. The van der Waals surface area contributed by atoms with Crippen LogP contribution in [0, 0.1) is 13.8 Å². The van der Waals surface area contributed by atoms with Crippen LogP contribution in [0.15, 0.2) is 30.5 Å². The molecule has 1 aliphatic heterocycles. The van der Waals surface area contributed by atoms with Crippen LogP contribution in [-0.4, -0.2) is 61.2 Å². The van der Waals surface area contributed by atoms with E-state index in [1.807, 2.05) is 32.0 Å². The van der Waals surface area contributed by atoms with Gasteiger partial charge in [0.25, 0.3) is 5.91 Å². The van der Waals surface area contributed by atoms with Gasteiger partial charge in [-0.2, -0.15) is 13.2 Å². The molecule has 0 saturated carbocycles. The van der Waals surface area contributed by atoms with E-state index < -0.39 is 24.3 Å². The molecule has 0 spiro atoms. The third-order valence-corrected chi connectivity index (χ3v) is 5.46. The Labute approximate surface area is 194 Å². The number of aryl methyl sites for hydroxylation is 2. The lowest BCUT2D eigenvalue weighted by Crippen LogP contribution is -2.50. The number of carbonyl (C=O) groups is 2. The Morgan fingerprint density at radius 1 is 1.09 bits per heavy atom. The van der Waals surface area contributed by atoms with E-state index in [1.165, 1.54) is 4.90 Å². The molecule has 2 aromatic rings. The normalized spacial score (nSPS) is 14.2. The number of nitrogens with zero attached hydrogens (tertiary/aromatic N) is 3. The van der Waals surface area contributed by atoms with Gasteiger partial charge in [0.2, 0.25) is 0 Å². The molecule has 1 amide bonds. The van der Waals surface area contributed by atoms with E-state index in [0.29, 0.717) is 18.8 Å². The first-order valence-corrected chi connectivity index (χ1v) is 10.5. The first-order valence-electron chi connectivity index (χ1n) is 10.2. The average molecular weight is 486 g/mol. The van der Waals surface area contributed by atoms with Gasteiger partial charge in [-0.1, -0.05) is 29.8 Å². The second-order valence-corrected chi connectivity index (χ2v) is 7.97. The predicted molar refractivity (Wildman–Crippen MR) is 115 cm³/mol. The van der Waals surface area contributed by atoms with Crippen molar-refractivity contribution in [2.45, 2.75) is 20.0 Å². The SMILES string of the molecule is Cc1cccc(C)c1OCC(=O)OCC(=O)N1CCN(c2ncc(C(F)(F)F)cc2Cl)CC1. The van der Waals surface area contributed by atoms with Crippen molar-refractivity contribution in [2.24, 2.45) is 0 Å². The number of hydrogen-bond donors (Lipinski definition) is 0. The topological polar surface area (TPSA) is 72.0 Å². The van der Waals surface area contributed by atoms with E-state index in [-0.39, 0.29) is 36.4 Å². The van der Waals surface area contributed by atoms with Gasteiger partial charge >= 0.3 is 12.1 Å². The van der Waals surface area contributed by atoms with Gasteiger partial charge in [0, 0.05) is 32.4 Å². The van der Waals surface area contributed by atoms with E-state index in [9.17, 15) is 22.8 Å². The van der Waals surface area contributed by atoms with Gasteiger partial charge in [0.05, 0.1) is 10.6 Å². The minimum Gasteiger partial charge on any atom is -0.481 e. The Balaban J connectivity index is 1.45. The van der Waals surface area contributed by atoms with Gasteiger partial charge in [-0.3, -0.25) is 4.79 Å². The fourth-order valence-electron chi connectivity index (χ4n) is 3.42. The van der Waals surface area contributed by atoms with Crippen molar-refractivity contribution in [3.8, 4) is 5.75 Å². The molecule has 0 bridgehead atoms. The number of para-hydroxylation sites is 1. The summed E-state index contributed by atoms with van der Waals surface area (Å²) in [6.45, 7) is 4.22. The molecule has 1 aromatic carbocycles. The Bertz CT molecular complexity index is 1000. The molecule has 178 valence electrons. The van der Waals surface area contributed by atoms with Crippen molar-refractivity contribution in [3.63, 3.8) is 0 Å². The highest BCUT2D eigenvalue weighted by molar-refractivity contribution is 6.33. The number of piperazine rings is 1. The number of benzene rings is 1. The quantitative estimate of drug-likeness (QED) is 0.582. The standard InChI is InChI=1S/C22H23ClF3N3O4/c1-14-4-3-5-15(2)20(14)33-13-19(31)32-12-18(30)28-6-8-29(9-7-28)21-17(23)10-16(11-27-21)22(24,25)26/h3-5,10-11H,6-9,12-13H2,1-2H3. The minimum atomic E-state index is -4.53. The van der Waals surface area contributed by atoms with Crippen molar-refractivity contribution in [2.75, 3.05) is 44.3 Å². The Hall–Kier alpha value is -3.01. The van der Waals surface area contributed by atoms with E-state index in [2.05, 4.69) is 4.98 Å². The molecular weight excluding hydrogens is 463 g/mol. The Kier molecular flexibility index (Phi) is 7.68. The average Bonchev–Trinajstić information content (AvgIpc) is 2.76. The van der Waals surface area contributed by atoms with Crippen LogP contribution in [0.2, 0.25) is 5.02 Å². The first kappa shape index (κ1) is 24.6. The Morgan fingerprint density at radius 2 is 1.73 bits per heavy atom. The molecule has 1 aromatic heterocycles. The van der Waals surface area contributed by atoms with Gasteiger partial charge < -0.3 is 19.3 Å². The summed E-state index contributed by atoms with van der Waals surface area (Å²) in [4.78, 5) is 31.4. The number of carbonyl (C=O) groups excluding carboxylic acids is 2. The summed E-state index contributed by atoms with van der Waals surface area (Å²) >= 11 is 5.99. The number of rotatable bonds is 6. The highest BCUT2D eigenvalue weighted by Crippen LogP contribution is 2.33. The summed E-state index contributed by atoms with van der Waals surface area (Å²) in [6, 6.07) is 6.45. The molecule has 0 radical (unpaired) electrons. The fourth-order valence-corrected chi connectivity index (χ4v) is 3.71. The lowest BCUT2D eigenvalue weighted by molar-refractivity contribution is -0.153. The Morgan fingerprint density at radius 3 is 2.30 bits per heavy atom. The molecule has 0 unspecified atom stereocenters. The van der Waals surface area contributed by atoms with Crippen molar-refractivity contribution in [1.82, 2.24) is 9.88 Å². The largest absolute Gasteiger partial charge is 0.481 e. The smallest absolute Gasteiger partial charge is 0.417 e. The monoisotopic (exact) mass is 485 g/mol. The third kappa shape index (κ3) is 6.28. The fraction of sp³-hybridized carbons (Fsp3) is 0.409. The van der Waals surface area contributed by atoms with Crippen LogP contribution in [0.4, 0.5) is 19.0 Å². The molecule has 33 heavy (non-hydrogen) atoms. The van der Waals surface area contributed by atoms with Crippen molar-refractivity contribution in [3.05, 3.63) is 52.2 Å². The van der Waals surface area contributed by atoms with Crippen LogP contribution in [0.25, 0.3) is 0 Å². The number of halogens is 4. The summed E-state index contributed by atoms with van der Waals surface area (Å²) in [6.07, 6.45) is -3.79. The molecule has 1 saturated heterocycles. The zero-order valence-corrected chi connectivity index (χ0v) is 18.9. The zero-order valence-electron chi connectivity index (χ0n) is 18.1.